The summed E-state index contributed by atoms with van der Waals surface area (Å²) in [5.41, 5.74) is 1.11. The molecule has 2 aliphatic heterocycles. The predicted molar refractivity (Wildman–Crippen MR) is 144 cm³/mol. The number of hydrogen-bond acceptors (Lipinski definition) is 3. The van der Waals surface area contributed by atoms with Crippen LogP contribution in [-0.4, -0.2) is 54.3 Å². The minimum atomic E-state index is -0.567. The van der Waals surface area contributed by atoms with Crippen LogP contribution in [0.15, 0.2) is 48.5 Å². The summed E-state index contributed by atoms with van der Waals surface area (Å²) in [6.07, 6.45) is 0.830. The SMILES string of the molecule is CC1(C)C(C(=O)NC(CCN2CC3CN(C(=O)c4c(F)cccc4Cl)C[C@@H]3C2)c2ccccc2)C1(C)C. The molecule has 5 rings (SSSR count). The van der Waals surface area contributed by atoms with Gasteiger partial charge >= 0.3 is 0 Å². The second-order valence-electron chi connectivity index (χ2n) is 12.2. The number of nitrogens with zero attached hydrogens (tertiary/aromatic N) is 2. The van der Waals surface area contributed by atoms with Crippen molar-refractivity contribution in [2.24, 2.45) is 28.6 Å². The van der Waals surface area contributed by atoms with Gasteiger partial charge in [-0.25, -0.2) is 4.39 Å². The van der Waals surface area contributed by atoms with Gasteiger partial charge in [-0.15, -0.1) is 0 Å². The number of amides is 2. The zero-order valence-corrected chi connectivity index (χ0v) is 22.9. The van der Waals surface area contributed by atoms with E-state index in [9.17, 15) is 14.0 Å². The van der Waals surface area contributed by atoms with Gasteiger partial charge in [0.25, 0.3) is 5.91 Å². The second-order valence-corrected chi connectivity index (χ2v) is 12.6. The van der Waals surface area contributed by atoms with Crippen LogP contribution in [0.5, 0.6) is 0 Å². The summed E-state index contributed by atoms with van der Waals surface area (Å²) >= 11 is 6.13. The molecule has 3 fully saturated rings. The fraction of sp³-hybridized carbons (Fsp3) is 0.533. The maximum absolute atomic E-state index is 14.3. The molecular weight excluding hydrogens is 489 g/mol. The van der Waals surface area contributed by atoms with Crippen LogP contribution >= 0.6 is 11.6 Å². The average Bonchev–Trinajstić information content (AvgIpc) is 3.19. The molecule has 0 radical (unpaired) electrons. The van der Waals surface area contributed by atoms with Crippen LogP contribution in [0.4, 0.5) is 4.39 Å². The van der Waals surface area contributed by atoms with Crippen molar-refractivity contribution in [1.82, 2.24) is 15.1 Å². The standard InChI is InChI=1S/C30H37ClFN3O2/c1-29(2)26(30(29,3)4)27(36)33-24(19-9-6-5-7-10-19)13-14-34-15-20-17-35(18-21(20)16-34)28(37)25-22(31)11-8-12-23(25)32/h5-12,20-21,24,26H,13-18H2,1-4H3,(H,33,36)/t20-,21?,24?/m0/s1. The smallest absolute Gasteiger partial charge is 0.258 e. The van der Waals surface area contributed by atoms with E-state index in [0.717, 1.165) is 31.6 Å². The van der Waals surface area contributed by atoms with E-state index in [0.29, 0.717) is 24.9 Å². The minimum absolute atomic E-state index is 0.000912. The molecule has 37 heavy (non-hydrogen) atoms. The molecule has 5 nitrogen and oxygen atoms in total. The zero-order chi connectivity index (χ0) is 26.5. The van der Waals surface area contributed by atoms with E-state index >= 15 is 0 Å². The molecule has 2 saturated heterocycles. The third-order valence-corrected chi connectivity index (χ3v) is 9.88. The van der Waals surface area contributed by atoms with Gasteiger partial charge in [-0.1, -0.05) is 75.7 Å². The molecular formula is C30H37ClFN3O2. The average molecular weight is 526 g/mol. The first kappa shape index (κ1) is 26.2. The van der Waals surface area contributed by atoms with Crippen LogP contribution in [0.2, 0.25) is 5.02 Å². The summed E-state index contributed by atoms with van der Waals surface area (Å²) < 4.78 is 14.3. The lowest BCUT2D eigenvalue weighted by Gasteiger charge is -2.25. The second kappa shape index (κ2) is 9.70. The van der Waals surface area contributed by atoms with Gasteiger partial charge in [0.2, 0.25) is 5.91 Å². The third-order valence-electron chi connectivity index (χ3n) is 9.56. The van der Waals surface area contributed by atoms with Gasteiger partial charge in [-0.05, 0) is 46.8 Å². The first-order chi connectivity index (χ1) is 17.5. The Morgan fingerprint density at radius 1 is 0.973 bits per heavy atom. The molecule has 2 aromatic carbocycles. The molecule has 0 aromatic heterocycles. The Morgan fingerprint density at radius 2 is 1.59 bits per heavy atom. The van der Waals surface area contributed by atoms with E-state index in [2.05, 4.69) is 50.0 Å². The molecule has 198 valence electrons. The maximum atomic E-state index is 14.3. The molecule has 2 unspecified atom stereocenters. The minimum Gasteiger partial charge on any atom is -0.349 e. The first-order valence-corrected chi connectivity index (χ1v) is 13.7. The Balaban J connectivity index is 1.18. The zero-order valence-electron chi connectivity index (χ0n) is 22.1. The van der Waals surface area contributed by atoms with Crippen molar-refractivity contribution in [1.29, 1.82) is 0 Å². The highest BCUT2D eigenvalue weighted by Crippen LogP contribution is 2.68. The number of fused-ring (bicyclic) bond motifs is 1. The summed E-state index contributed by atoms with van der Waals surface area (Å²) in [5.74, 6) is 0.0107. The number of hydrogen-bond donors (Lipinski definition) is 1. The molecule has 0 spiro atoms. The highest BCUT2D eigenvalue weighted by molar-refractivity contribution is 6.33. The molecule has 7 heteroatoms. The molecule has 1 N–H and O–H groups in total. The third kappa shape index (κ3) is 4.79. The number of rotatable bonds is 7. The quantitative estimate of drug-likeness (QED) is 0.525. The van der Waals surface area contributed by atoms with E-state index in [1.54, 1.807) is 11.0 Å². The lowest BCUT2D eigenvalue weighted by atomic mass is 10.0. The van der Waals surface area contributed by atoms with E-state index in [1.807, 2.05) is 18.2 Å². The van der Waals surface area contributed by atoms with Crippen molar-refractivity contribution >= 4 is 23.4 Å². The van der Waals surface area contributed by atoms with E-state index < -0.39 is 5.82 Å². The molecule has 2 aromatic rings. The Bertz CT molecular complexity index is 1140. The number of likely N-dealkylation sites (tertiary alicyclic amines) is 2. The lowest BCUT2D eigenvalue weighted by molar-refractivity contribution is -0.124. The molecule has 1 aliphatic carbocycles. The van der Waals surface area contributed by atoms with Crippen LogP contribution in [0.3, 0.4) is 0 Å². The van der Waals surface area contributed by atoms with Gasteiger partial charge in [-0.2, -0.15) is 0 Å². The van der Waals surface area contributed by atoms with Crippen LogP contribution in [0.1, 0.15) is 56.1 Å². The summed E-state index contributed by atoms with van der Waals surface area (Å²) in [4.78, 5) is 30.4. The summed E-state index contributed by atoms with van der Waals surface area (Å²) in [6, 6.07) is 14.5. The summed E-state index contributed by atoms with van der Waals surface area (Å²) in [7, 11) is 0. The Hall–Kier alpha value is -2.44. The maximum Gasteiger partial charge on any atom is 0.258 e. The fourth-order valence-corrected chi connectivity index (χ4v) is 6.97. The summed E-state index contributed by atoms with van der Waals surface area (Å²) in [5, 5.41) is 3.53. The number of benzene rings is 2. The van der Waals surface area contributed by atoms with E-state index in [-0.39, 0.29) is 45.2 Å². The van der Waals surface area contributed by atoms with Crippen molar-refractivity contribution in [3.63, 3.8) is 0 Å². The highest BCUT2D eigenvalue weighted by atomic mass is 35.5. The Labute approximate surface area is 224 Å². The van der Waals surface area contributed by atoms with Crippen molar-refractivity contribution in [2.45, 2.75) is 40.2 Å². The number of nitrogens with one attached hydrogen (secondary N) is 1. The van der Waals surface area contributed by atoms with E-state index in [4.69, 9.17) is 11.6 Å². The molecule has 1 saturated carbocycles. The fourth-order valence-electron chi connectivity index (χ4n) is 6.72. The van der Waals surface area contributed by atoms with Gasteiger partial charge in [-0.3, -0.25) is 9.59 Å². The van der Waals surface area contributed by atoms with Crippen molar-refractivity contribution in [3.05, 3.63) is 70.5 Å². The van der Waals surface area contributed by atoms with Gasteiger partial charge in [0.1, 0.15) is 5.82 Å². The number of carbonyl (C=O) groups excluding carboxylic acids is 2. The van der Waals surface area contributed by atoms with Gasteiger partial charge in [0, 0.05) is 38.6 Å². The van der Waals surface area contributed by atoms with Gasteiger partial charge in [0.05, 0.1) is 16.6 Å². The van der Waals surface area contributed by atoms with Gasteiger partial charge < -0.3 is 15.1 Å². The van der Waals surface area contributed by atoms with Crippen molar-refractivity contribution in [2.75, 3.05) is 32.7 Å². The molecule has 2 heterocycles. The largest absolute Gasteiger partial charge is 0.349 e. The Morgan fingerprint density at radius 3 is 2.16 bits per heavy atom. The summed E-state index contributed by atoms with van der Waals surface area (Å²) in [6.45, 7) is 12.6. The first-order valence-electron chi connectivity index (χ1n) is 13.3. The van der Waals surface area contributed by atoms with Crippen LogP contribution in [0.25, 0.3) is 0 Å². The molecule has 2 amide bonds. The number of carbonyl (C=O) groups is 2. The van der Waals surface area contributed by atoms with Crippen LogP contribution < -0.4 is 5.32 Å². The van der Waals surface area contributed by atoms with Crippen LogP contribution in [-0.2, 0) is 4.79 Å². The van der Waals surface area contributed by atoms with Crippen molar-refractivity contribution < 1.29 is 14.0 Å². The number of halogens is 2. The predicted octanol–water partition coefficient (Wildman–Crippen LogP) is 5.41. The van der Waals surface area contributed by atoms with Crippen molar-refractivity contribution in [3.8, 4) is 0 Å². The molecule has 3 atom stereocenters. The Kier molecular flexibility index (Phi) is 6.86. The molecule has 3 aliphatic rings. The molecule has 0 bridgehead atoms. The monoisotopic (exact) mass is 525 g/mol. The van der Waals surface area contributed by atoms with Gasteiger partial charge in [0.15, 0.2) is 0 Å². The highest BCUT2D eigenvalue weighted by Gasteiger charge is 2.68. The topological polar surface area (TPSA) is 52.7 Å². The lowest BCUT2D eigenvalue weighted by Crippen LogP contribution is -2.36. The van der Waals surface area contributed by atoms with E-state index in [1.165, 1.54) is 12.1 Å². The normalized spacial score (nSPS) is 25.1. The van der Waals surface area contributed by atoms with Crippen LogP contribution in [0, 0.1) is 34.4 Å².